The lowest BCUT2D eigenvalue weighted by Gasteiger charge is -2.19. The van der Waals surface area contributed by atoms with Crippen LogP contribution in [0.2, 0.25) is 1.41 Å². The average molecular weight is 348 g/mol. The smallest absolute Gasteiger partial charge is 0.247 e. The zero-order chi connectivity index (χ0) is 19.1. The third-order valence-electron chi connectivity index (χ3n) is 4.14. The van der Waals surface area contributed by atoms with Gasteiger partial charge in [-0.1, -0.05) is 66.7 Å². The molecule has 0 aliphatic carbocycles. The fourth-order valence-corrected chi connectivity index (χ4v) is 2.86. The van der Waals surface area contributed by atoms with Crippen LogP contribution in [0.3, 0.4) is 0 Å². The minimum Gasteiger partial charge on any atom is -0.343 e. The summed E-state index contributed by atoms with van der Waals surface area (Å²) in [6.07, 6.45) is 0.362. The van der Waals surface area contributed by atoms with E-state index < -0.39 is 11.9 Å². The molecule has 26 heavy (non-hydrogen) atoms. The zero-order valence-corrected chi connectivity index (χ0v) is 14.2. The second-order valence-corrected chi connectivity index (χ2v) is 6.00. The van der Waals surface area contributed by atoms with Gasteiger partial charge in [0, 0.05) is 17.5 Å². The fraction of sp³-hybridized carbons (Fsp3) is 0.143. The number of carbonyl (C=O) groups is 2. The molecular weight excluding hydrogens is 326 g/mol. The minimum atomic E-state index is -0.743. The first-order valence-electron chi connectivity index (χ1n) is 8.94. The maximum absolute atomic E-state index is 12.9. The molecular formula is C21H21N3O2. The molecule has 0 radical (unpaired) electrons. The summed E-state index contributed by atoms with van der Waals surface area (Å²) in [5.74, 6) is -0.701. The summed E-state index contributed by atoms with van der Waals surface area (Å²) in [4.78, 5) is 24.8. The van der Waals surface area contributed by atoms with Crippen molar-refractivity contribution in [3.8, 4) is 0 Å². The van der Waals surface area contributed by atoms with Gasteiger partial charge in [-0.15, -0.1) is 0 Å². The normalized spacial score (nSPS) is 12.2. The molecule has 3 rings (SSSR count). The van der Waals surface area contributed by atoms with Gasteiger partial charge < -0.3 is 16.4 Å². The average Bonchev–Trinajstić information content (AvgIpc) is 2.69. The van der Waals surface area contributed by atoms with Crippen LogP contribution in [0.25, 0.3) is 10.8 Å². The number of amides is 2. The standard InChI is InChI=1S/C21H21N3O2/c22-14-20(25)23-19(13-15-7-2-1-3-8-15)21(26)24-18-12-6-10-16-9-4-5-11-17(16)18/h1-12,19H,13-14,22H2,(H,23,25)(H,24,26)/t19-/m0/s1/i/hD. The lowest BCUT2D eigenvalue weighted by molar-refractivity contribution is -0.125. The maximum Gasteiger partial charge on any atom is 0.247 e. The van der Waals surface area contributed by atoms with Gasteiger partial charge in [-0.25, -0.2) is 0 Å². The molecule has 0 bridgehead atoms. The first kappa shape index (κ1) is 16.3. The summed E-state index contributed by atoms with van der Waals surface area (Å²) >= 11 is 0. The number of nitrogens with one attached hydrogen (secondary N) is 2. The summed E-state index contributed by atoms with van der Waals surface area (Å²) in [6, 6.07) is 22.2. The van der Waals surface area contributed by atoms with Crippen LogP contribution < -0.4 is 16.4 Å². The molecule has 1 atom stereocenters. The first-order chi connectivity index (χ1) is 13.2. The van der Waals surface area contributed by atoms with Crippen LogP contribution in [0.15, 0.2) is 72.8 Å². The lowest BCUT2D eigenvalue weighted by Crippen LogP contribution is -2.47. The van der Waals surface area contributed by atoms with Crippen molar-refractivity contribution >= 4 is 28.3 Å². The molecule has 132 valence electrons. The Balaban J connectivity index is 1.81. The highest BCUT2D eigenvalue weighted by Gasteiger charge is 2.21. The van der Waals surface area contributed by atoms with Crippen molar-refractivity contribution in [2.75, 3.05) is 11.9 Å². The predicted octanol–water partition coefficient (Wildman–Crippen LogP) is 2.46. The number of hydrogen-bond acceptors (Lipinski definition) is 3. The van der Waals surface area contributed by atoms with Gasteiger partial charge >= 0.3 is 0 Å². The molecule has 0 aromatic heterocycles. The molecule has 3 aromatic carbocycles. The van der Waals surface area contributed by atoms with E-state index in [-0.39, 0.29) is 12.5 Å². The molecule has 5 nitrogen and oxygen atoms in total. The third kappa shape index (κ3) is 4.26. The quantitative estimate of drug-likeness (QED) is 0.613. The fourth-order valence-electron chi connectivity index (χ4n) is 2.86. The van der Waals surface area contributed by atoms with Gasteiger partial charge in [0.25, 0.3) is 0 Å². The van der Waals surface area contributed by atoms with Crippen molar-refractivity contribution in [2.24, 2.45) is 5.73 Å². The van der Waals surface area contributed by atoms with E-state index in [1.165, 1.54) is 0 Å². The topological polar surface area (TPSA) is 84.2 Å². The molecule has 0 aliphatic rings. The van der Waals surface area contributed by atoms with Crippen LogP contribution in [-0.4, -0.2) is 24.4 Å². The SMILES string of the molecule is [2H]NCC(=O)N[C@@H](Cc1ccccc1)C(=O)Nc1cccc2ccccc12. The van der Waals surface area contributed by atoms with Gasteiger partial charge in [0.1, 0.15) is 7.45 Å². The second-order valence-electron chi connectivity index (χ2n) is 6.00. The molecule has 0 spiro atoms. The van der Waals surface area contributed by atoms with E-state index in [2.05, 4.69) is 16.4 Å². The van der Waals surface area contributed by atoms with Crippen molar-refractivity contribution in [1.82, 2.24) is 5.32 Å². The number of fused-ring (bicyclic) bond motifs is 1. The van der Waals surface area contributed by atoms with E-state index in [0.29, 0.717) is 12.1 Å². The summed E-state index contributed by atoms with van der Waals surface area (Å²) in [5.41, 5.74) is 3.69. The molecule has 0 unspecified atom stereocenters. The summed E-state index contributed by atoms with van der Waals surface area (Å²) in [6.45, 7) is -0.174. The van der Waals surface area contributed by atoms with E-state index in [1.807, 2.05) is 72.8 Å². The van der Waals surface area contributed by atoms with Crippen LogP contribution in [0, 0.1) is 0 Å². The Labute approximate surface area is 153 Å². The van der Waals surface area contributed by atoms with Crippen LogP contribution in [-0.2, 0) is 16.0 Å². The van der Waals surface area contributed by atoms with E-state index >= 15 is 0 Å². The molecule has 0 heterocycles. The number of anilines is 1. The Hall–Kier alpha value is -3.18. The number of benzene rings is 3. The highest BCUT2D eigenvalue weighted by atomic mass is 16.2. The van der Waals surface area contributed by atoms with Crippen molar-refractivity contribution in [3.63, 3.8) is 0 Å². The number of hydrogen-bond donors (Lipinski definition) is 3. The Bertz CT molecular complexity index is 926. The summed E-state index contributed by atoms with van der Waals surface area (Å²) in [7, 11) is 0. The predicted molar refractivity (Wildman–Crippen MR) is 104 cm³/mol. The number of rotatable bonds is 7. The van der Waals surface area contributed by atoms with Gasteiger partial charge in [-0.05, 0) is 17.0 Å². The number of nitrogens with two attached hydrogens (primary N) is 1. The monoisotopic (exact) mass is 348 g/mol. The Morgan fingerprint density at radius 3 is 2.50 bits per heavy atom. The molecule has 3 aromatic rings. The van der Waals surface area contributed by atoms with Gasteiger partial charge in [0.15, 0.2) is 0 Å². The Morgan fingerprint density at radius 1 is 0.962 bits per heavy atom. The molecule has 4 N–H and O–H groups in total. The van der Waals surface area contributed by atoms with Crippen molar-refractivity contribution < 1.29 is 11.0 Å². The Kier molecular flexibility index (Phi) is 5.18. The van der Waals surface area contributed by atoms with E-state index in [1.54, 1.807) is 0 Å². The molecule has 2 amide bonds. The molecule has 5 heteroatoms. The van der Waals surface area contributed by atoms with Crippen LogP contribution in [0.5, 0.6) is 0 Å². The van der Waals surface area contributed by atoms with Crippen LogP contribution in [0.4, 0.5) is 5.69 Å². The third-order valence-corrected chi connectivity index (χ3v) is 4.14. The molecule has 0 saturated heterocycles. The lowest BCUT2D eigenvalue weighted by atomic mass is 10.0. The molecule has 0 aliphatic heterocycles. The summed E-state index contributed by atoms with van der Waals surface area (Å²) in [5, 5.41) is 7.59. The van der Waals surface area contributed by atoms with E-state index in [4.69, 9.17) is 1.41 Å². The minimum absolute atomic E-state index is 0.174. The van der Waals surface area contributed by atoms with Crippen LogP contribution >= 0.6 is 0 Å². The second kappa shape index (κ2) is 8.27. The highest BCUT2D eigenvalue weighted by Crippen LogP contribution is 2.23. The van der Waals surface area contributed by atoms with Crippen molar-refractivity contribution in [3.05, 3.63) is 78.4 Å². The van der Waals surface area contributed by atoms with E-state index in [0.717, 1.165) is 16.3 Å². The van der Waals surface area contributed by atoms with E-state index in [9.17, 15) is 9.59 Å². The summed E-state index contributed by atoms with van der Waals surface area (Å²) < 4.78 is 6.96. The molecule has 0 saturated carbocycles. The number of carbonyl (C=O) groups excluding carboxylic acids is 2. The highest BCUT2D eigenvalue weighted by molar-refractivity contribution is 6.04. The largest absolute Gasteiger partial charge is 0.343 e. The van der Waals surface area contributed by atoms with Gasteiger partial charge in [-0.2, -0.15) is 0 Å². The van der Waals surface area contributed by atoms with Crippen molar-refractivity contribution in [2.45, 2.75) is 12.5 Å². The van der Waals surface area contributed by atoms with Crippen LogP contribution in [0.1, 0.15) is 5.56 Å². The zero-order valence-electron chi connectivity index (χ0n) is 15.2. The van der Waals surface area contributed by atoms with Gasteiger partial charge in [0.05, 0.1) is 6.54 Å². The van der Waals surface area contributed by atoms with Gasteiger partial charge in [-0.3, -0.25) is 9.59 Å². The van der Waals surface area contributed by atoms with Crippen molar-refractivity contribution in [1.29, 1.82) is 0 Å². The maximum atomic E-state index is 12.9. The molecule has 0 fully saturated rings. The van der Waals surface area contributed by atoms with Gasteiger partial charge in [0.2, 0.25) is 11.8 Å². The first-order valence-corrected chi connectivity index (χ1v) is 8.44. The Morgan fingerprint density at radius 2 is 1.69 bits per heavy atom.